The molecule has 0 saturated heterocycles. The van der Waals surface area contributed by atoms with Crippen LogP contribution in [0.1, 0.15) is 64.5 Å². The van der Waals surface area contributed by atoms with E-state index in [-0.39, 0.29) is 19.6 Å². The Labute approximate surface area is 299 Å². The Kier molecular flexibility index (Phi) is 18.3. The predicted octanol–water partition coefficient (Wildman–Crippen LogP) is 2.21. The largest absolute Gasteiger partial charge is 0.459 e. The number of methoxy groups -OCH3 is 1. The molecular weight excluding hydrogens is 658 g/mol. The summed E-state index contributed by atoms with van der Waals surface area (Å²) in [4.78, 5) is 78.7. The minimum absolute atomic E-state index is 0.0132. The van der Waals surface area contributed by atoms with Gasteiger partial charge in [-0.1, -0.05) is 80.9 Å². The number of aliphatic hydroxyl groups is 1. The van der Waals surface area contributed by atoms with Gasteiger partial charge in [0.25, 0.3) is 0 Å². The first-order chi connectivity index (χ1) is 24.3. The summed E-state index contributed by atoms with van der Waals surface area (Å²) in [5.41, 5.74) is 7.61. The van der Waals surface area contributed by atoms with E-state index in [1.54, 1.807) is 38.1 Å². The van der Waals surface area contributed by atoms with E-state index in [1.165, 1.54) is 19.4 Å². The molecule has 0 spiro atoms. The van der Waals surface area contributed by atoms with Gasteiger partial charge in [0.1, 0.15) is 24.7 Å². The van der Waals surface area contributed by atoms with Crippen LogP contribution in [0.3, 0.4) is 0 Å². The van der Waals surface area contributed by atoms with Crippen molar-refractivity contribution in [3.05, 3.63) is 71.8 Å². The number of benzene rings is 2. The van der Waals surface area contributed by atoms with Crippen molar-refractivity contribution in [2.45, 2.75) is 90.6 Å². The highest BCUT2D eigenvalue weighted by Gasteiger charge is 2.37. The molecule has 0 heterocycles. The van der Waals surface area contributed by atoms with Gasteiger partial charge in [-0.25, -0.2) is 14.5 Å². The molecule has 14 nitrogen and oxygen atoms in total. The molecule has 0 aliphatic heterocycles. The van der Waals surface area contributed by atoms with Gasteiger partial charge in [-0.05, 0) is 50.2 Å². The lowest BCUT2D eigenvalue weighted by Gasteiger charge is -2.30. The van der Waals surface area contributed by atoms with Gasteiger partial charge in [-0.15, -0.1) is 0 Å². The topological polar surface area (TPSA) is 206 Å². The van der Waals surface area contributed by atoms with E-state index in [2.05, 4.69) is 20.7 Å². The van der Waals surface area contributed by atoms with Crippen LogP contribution in [0.5, 0.6) is 0 Å². The fourth-order valence-corrected chi connectivity index (χ4v) is 5.18. The number of carbonyl (C=O) groups is 6. The second-order valence-corrected chi connectivity index (χ2v) is 12.7. The molecule has 0 fully saturated rings. The zero-order chi connectivity index (χ0) is 37.9. The van der Waals surface area contributed by atoms with E-state index >= 15 is 0 Å². The lowest BCUT2D eigenvalue weighted by atomic mass is 9.97. The van der Waals surface area contributed by atoms with Crippen molar-refractivity contribution in [3.8, 4) is 0 Å². The number of hydrogen-bond donors (Lipinski definition) is 5. The first kappa shape index (κ1) is 42.3. The van der Waals surface area contributed by atoms with Gasteiger partial charge < -0.3 is 36.3 Å². The van der Waals surface area contributed by atoms with Crippen LogP contribution in [0, 0.1) is 11.8 Å². The van der Waals surface area contributed by atoms with Crippen LogP contribution in [0.25, 0.3) is 0 Å². The zero-order valence-electron chi connectivity index (χ0n) is 30.1. The average molecular weight is 712 g/mol. The molecule has 0 bridgehead atoms. The highest BCUT2D eigenvalue weighted by Crippen LogP contribution is 2.13. The third kappa shape index (κ3) is 14.1. The number of ether oxygens (including phenoxy) is 2. The minimum atomic E-state index is -1.38. The first-order valence-electron chi connectivity index (χ1n) is 17.2. The van der Waals surface area contributed by atoms with Crippen LogP contribution < -0.4 is 21.7 Å². The van der Waals surface area contributed by atoms with Crippen LogP contribution in [0.2, 0.25) is 0 Å². The summed E-state index contributed by atoms with van der Waals surface area (Å²) in [5.74, 6) is -5.05. The van der Waals surface area contributed by atoms with Gasteiger partial charge in [-0.3, -0.25) is 19.2 Å². The van der Waals surface area contributed by atoms with Crippen molar-refractivity contribution >= 4 is 35.7 Å². The number of unbranched alkanes of at least 4 members (excludes halogenated alkanes) is 2. The van der Waals surface area contributed by atoms with Gasteiger partial charge in [0.15, 0.2) is 0 Å². The number of aryl methyl sites for hydroxylation is 1. The van der Waals surface area contributed by atoms with E-state index < -0.39 is 78.3 Å². The van der Waals surface area contributed by atoms with Crippen LogP contribution in [0.15, 0.2) is 60.7 Å². The molecule has 2 aromatic carbocycles. The standard InChI is InChI=1S/C37H53N5O9/c1-24(2)31(36(48)51-23-28-18-12-7-13-19-28)41-34(46)32(40-30(44)20-14-8-11-17-27-15-9-6-10-16-27)29(22-43)21-39-33(45)26(4)42(37(49)50-5)35(47)25(3)38/h6-7,9-10,12-13,15-16,18-19,24-26,29,31-32,43H,8,11,14,17,20-23,38H2,1-5H3,(H,39,45)(H,40,44)(H,41,46)/t25-,26-,29?,31?,32?/m0/s1. The van der Waals surface area contributed by atoms with Crippen LogP contribution in [-0.4, -0.2) is 90.1 Å². The molecular formula is C37H53N5O9. The van der Waals surface area contributed by atoms with Gasteiger partial charge in [-0.2, -0.15) is 0 Å². The van der Waals surface area contributed by atoms with Gasteiger partial charge in [0, 0.05) is 18.9 Å². The Hall–Kier alpha value is -4.82. The van der Waals surface area contributed by atoms with Crippen LogP contribution >= 0.6 is 0 Å². The summed E-state index contributed by atoms with van der Waals surface area (Å²) in [7, 11) is 1.05. The van der Waals surface area contributed by atoms with E-state index in [1.807, 2.05) is 36.4 Å². The minimum Gasteiger partial charge on any atom is -0.459 e. The van der Waals surface area contributed by atoms with Crippen molar-refractivity contribution in [3.63, 3.8) is 0 Å². The molecule has 14 heteroatoms. The lowest BCUT2D eigenvalue weighted by Crippen LogP contribution is -2.59. The maximum Gasteiger partial charge on any atom is 0.417 e. The highest BCUT2D eigenvalue weighted by molar-refractivity contribution is 5.99. The molecule has 0 aliphatic rings. The lowest BCUT2D eigenvalue weighted by molar-refractivity contribution is -0.151. The monoisotopic (exact) mass is 711 g/mol. The Bertz CT molecular complexity index is 1420. The molecule has 2 rings (SSSR count). The predicted molar refractivity (Wildman–Crippen MR) is 189 cm³/mol. The van der Waals surface area contributed by atoms with Crippen LogP contribution in [-0.2, 0) is 46.5 Å². The van der Waals surface area contributed by atoms with Gasteiger partial charge in [0.2, 0.25) is 23.6 Å². The van der Waals surface area contributed by atoms with Gasteiger partial charge in [0.05, 0.1) is 19.8 Å². The Morgan fingerprint density at radius 1 is 0.804 bits per heavy atom. The molecule has 0 aromatic heterocycles. The van der Waals surface area contributed by atoms with Crippen molar-refractivity contribution in [1.29, 1.82) is 0 Å². The summed E-state index contributed by atoms with van der Waals surface area (Å²) in [6.07, 6.45) is 2.03. The van der Waals surface area contributed by atoms with E-state index in [0.717, 1.165) is 31.9 Å². The Morgan fingerprint density at radius 3 is 1.96 bits per heavy atom. The number of rotatable bonds is 20. The number of amides is 5. The molecule has 5 amide bonds. The number of nitrogens with zero attached hydrogens (tertiary/aromatic N) is 1. The summed E-state index contributed by atoms with van der Waals surface area (Å²) in [6, 6.07) is 14.0. The number of nitrogens with two attached hydrogens (primary N) is 1. The molecule has 2 aromatic rings. The molecule has 51 heavy (non-hydrogen) atoms. The second-order valence-electron chi connectivity index (χ2n) is 12.7. The molecule has 5 atom stereocenters. The summed E-state index contributed by atoms with van der Waals surface area (Å²) >= 11 is 0. The molecule has 280 valence electrons. The Morgan fingerprint density at radius 2 is 1.41 bits per heavy atom. The summed E-state index contributed by atoms with van der Waals surface area (Å²) < 4.78 is 10.1. The number of imide groups is 1. The quantitative estimate of drug-likeness (QED) is 0.100. The fourth-order valence-electron chi connectivity index (χ4n) is 5.18. The van der Waals surface area contributed by atoms with Gasteiger partial charge >= 0.3 is 12.1 Å². The van der Waals surface area contributed by atoms with Crippen molar-refractivity contribution < 1.29 is 43.3 Å². The normalized spacial score (nSPS) is 13.9. The van der Waals surface area contributed by atoms with E-state index in [0.29, 0.717) is 11.3 Å². The van der Waals surface area contributed by atoms with Crippen molar-refractivity contribution in [2.24, 2.45) is 17.6 Å². The van der Waals surface area contributed by atoms with Crippen molar-refractivity contribution in [1.82, 2.24) is 20.9 Å². The van der Waals surface area contributed by atoms with E-state index in [4.69, 9.17) is 10.5 Å². The Balaban J connectivity index is 2.19. The summed E-state index contributed by atoms with van der Waals surface area (Å²) in [6.45, 7) is 5.07. The first-order valence-corrected chi connectivity index (χ1v) is 17.2. The van der Waals surface area contributed by atoms with Crippen LogP contribution in [0.4, 0.5) is 4.79 Å². The fraction of sp³-hybridized carbons (Fsp3) is 0.514. The second kappa shape index (κ2) is 22.1. The maximum atomic E-state index is 13.8. The average Bonchev–Trinajstić information content (AvgIpc) is 3.12. The molecule has 0 aliphatic carbocycles. The molecule has 3 unspecified atom stereocenters. The highest BCUT2D eigenvalue weighted by atomic mass is 16.5. The zero-order valence-corrected chi connectivity index (χ0v) is 30.1. The third-order valence-electron chi connectivity index (χ3n) is 8.26. The SMILES string of the molecule is COC(=O)N(C(=O)[C@H](C)N)[C@@H](C)C(=O)NCC(CO)C(NC(=O)CCCCCc1ccccc1)C(=O)NC(C(=O)OCc1ccccc1)C(C)C. The molecule has 6 N–H and O–H groups in total. The number of nitrogens with one attached hydrogen (secondary N) is 3. The summed E-state index contributed by atoms with van der Waals surface area (Å²) in [5, 5.41) is 18.3. The van der Waals surface area contributed by atoms with Crippen molar-refractivity contribution in [2.75, 3.05) is 20.3 Å². The number of esters is 1. The molecule has 0 radical (unpaired) electrons. The number of aliphatic hydroxyl groups excluding tert-OH is 1. The third-order valence-corrected chi connectivity index (χ3v) is 8.26. The smallest absolute Gasteiger partial charge is 0.417 e. The number of hydrogen-bond acceptors (Lipinski definition) is 10. The number of carbonyl (C=O) groups excluding carboxylic acids is 6. The molecule has 0 saturated carbocycles. The van der Waals surface area contributed by atoms with E-state index in [9.17, 15) is 33.9 Å². The maximum absolute atomic E-state index is 13.8.